The average molecular weight is 448 g/mol. The molecule has 6 N–H and O–H groups in total. The lowest BCUT2D eigenvalue weighted by molar-refractivity contribution is -0.117. The molecule has 130 valence electrons. The zero-order valence-corrected chi connectivity index (χ0v) is 14.5. The Bertz CT molecular complexity index is 780. The number of aromatic amines is 1. The summed E-state index contributed by atoms with van der Waals surface area (Å²) < 4.78 is 0.770. The van der Waals surface area contributed by atoms with E-state index in [1.807, 2.05) is 22.6 Å². The number of hydrogen-bond donors (Lipinski definition) is 6. The molecule has 24 heavy (non-hydrogen) atoms. The van der Waals surface area contributed by atoms with E-state index >= 15 is 0 Å². The van der Waals surface area contributed by atoms with Gasteiger partial charge in [0.05, 0.1) is 12.1 Å². The van der Waals surface area contributed by atoms with Gasteiger partial charge < -0.3 is 35.5 Å². The van der Waals surface area contributed by atoms with Gasteiger partial charge in [-0.1, -0.05) is 0 Å². The Hall–Kier alpha value is -1.53. The number of carbonyl (C=O) groups excluding carboxylic acids is 1. The quantitative estimate of drug-likeness (QED) is 0.240. The number of aliphatic hydroxyl groups excluding tert-OH is 4. The highest BCUT2D eigenvalue weighted by atomic mass is 127. The number of anilines is 1. The number of rotatable bonds is 7. The molecule has 0 aliphatic rings. The van der Waals surface area contributed by atoms with Gasteiger partial charge in [0.15, 0.2) is 0 Å². The first-order chi connectivity index (χ1) is 11.4. The molecule has 2 rings (SSSR count). The number of halogens is 1. The average Bonchev–Trinajstić information content (AvgIpc) is 2.57. The molecule has 8 nitrogen and oxygen atoms in total. The van der Waals surface area contributed by atoms with Gasteiger partial charge in [0.1, 0.15) is 30.6 Å². The SMILES string of the molecule is O=C[C@@H](Nc1ccc2c(I)cc(=O)[nH]c2c1)[C@H](O)[C@@H](O)[C@@H](O)CO. The van der Waals surface area contributed by atoms with Crippen molar-refractivity contribution in [1.29, 1.82) is 0 Å². The van der Waals surface area contributed by atoms with Crippen LogP contribution >= 0.6 is 22.6 Å². The van der Waals surface area contributed by atoms with Crippen molar-refractivity contribution in [3.8, 4) is 0 Å². The molecule has 0 bridgehead atoms. The Balaban J connectivity index is 2.26. The van der Waals surface area contributed by atoms with Gasteiger partial charge in [0.2, 0.25) is 5.56 Å². The first kappa shape index (κ1) is 18.8. The third-order valence-electron chi connectivity index (χ3n) is 3.57. The van der Waals surface area contributed by atoms with Crippen LogP contribution in [-0.4, -0.2) is 62.7 Å². The number of hydrogen-bond acceptors (Lipinski definition) is 7. The Morgan fingerprint density at radius 2 is 1.92 bits per heavy atom. The number of aliphatic hydroxyl groups is 4. The van der Waals surface area contributed by atoms with Crippen LogP contribution in [0.2, 0.25) is 0 Å². The number of aromatic nitrogens is 1. The van der Waals surface area contributed by atoms with Crippen molar-refractivity contribution in [2.24, 2.45) is 0 Å². The lowest BCUT2D eigenvalue weighted by Crippen LogP contribution is -2.49. The topological polar surface area (TPSA) is 143 Å². The van der Waals surface area contributed by atoms with E-state index < -0.39 is 31.0 Å². The summed E-state index contributed by atoms with van der Waals surface area (Å²) in [6.45, 7) is -0.751. The fourth-order valence-electron chi connectivity index (χ4n) is 2.25. The number of aldehydes is 1. The fraction of sp³-hybridized carbons (Fsp3) is 0.333. The summed E-state index contributed by atoms with van der Waals surface area (Å²) in [5, 5.41) is 41.4. The van der Waals surface area contributed by atoms with E-state index in [4.69, 9.17) is 5.11 Å². The monoisotopic (exact) mass is 448 g/mol. The smallest absolute Gasteiger partial charge is 0.249 e. The van der Waals surface area contributed by atoms with Crippen LogP contribution in [0, 0.1) is 3.57 Å². The number of carbonyl (C=O) groups is 1. The van der Waals surface area contributed by atoms with Crippen molar-refractivity contribution in [3.05, 3.63) is 38.2 Å². The fourth-order valence-corrected chi connectivity index (χ4v) is 3.00. The molecule has 0 radical (unpaired) electrons. The Labute approximate surface area is 150 Å². The maximum atomic E-state index is 11.5. The largest absolute Gasteiger partial charge is 0.394 e. The first-order valence-electron chi connectivity index (χ1n) is 7.07. The number of fused-ring (bicyclic) bond motifs is 1. The van der Waals surface area contributed by atoms with Gasteiger partial charge in [-0.15, -0.1) is 0 Å². The van der Waals surface area contributed by atoms with Crippen molar-refractivity contribution < 1.29 is 25.2 Å². The number of nitrogens with one attached hydrogen (secondary N) is 2. The molecule has 0 spiro atoms. The second-order valence-corrected chi connectivity index (χ2v) is 6.44. The number of pyridine rings is 1. The Morgan fingerprint density at radius 1 is 1.21 bits per heavy atom. The van der Waals surface area contributed by atoms with Gasteiger partial charge in [0.25, 0.3) is 0 Å². The summed E-state index contributed by atoms with van der Waals surface area (Å²) in [7, 11) is 0. The summed E-state index contributed by atoms with van der Waals surface area (Å²) >= 11 is 2.04. The zero-order valence-electron chi connectivity index (χ0n) is 12.4. The summed E-state index contributed by atoms with van der Waals surface area (Å²) in [6.07, 6.45) is -4.51. The van der Waals surface area contributed by atoms with E-state index in [0.717, 1.165) is 8.96 Å². The maximum absolute atomic E-state index is 11.5. The zero-order chi connectivity index (χ0) is 17.9. The summed E-state index contributed by atoms with van der Waals surface area (Å²) in [4.78, 5) is 25.4. The van der Waals surface area contributed by atoms with E-state index in [-0.39, 0.29) is 5.56 Å². The van der Waals surface area contributed by atoms with Gasteiger partial charge in [-0.3, -0.25) is 4.79 Å². The van der Waals surface area contributed by atoms with Crippen molar-refractivity contribution >= 4 is 45.5 Å². The predicted octanol–water partition coefficient (Wildman–Crippen LogP) is -0.813. The minimum atomic E-state index is -1.70. The molecule has 1 aromatic heterocycles. The van der Waals surface area contributed by atoms with Crippen molar-refractivity contribution in [3.63, 3.8) is 0 Å². The highest BCUT2D eigenvalue weighted by molar-refractivity contribution is 14.1. The molecule has 1 aromatic carbocycles. The molecule has 1 heterocycles. The van der Waals surface area contributed by atoms with Gasteiger partial charge in [-0.05, 0) is 40.8 Å². The third kappa shape index (κ3) is 4.11. The van der Waals surface area contributed by atoms with Crippen LogP contribution in [0.25, 0.3) is 10.9 Å². The van der Waals surface area contributed by atoms with Gasteiger partial charge in [0, 0.05) is 20.7 Å². The van der Waals surface area contributed by atoms with Gasteiger partial charge >= 0.3 is 0 Å². The normalized spacial score (nSPS) is 16.4. The molecule has 0 saturated carbocycles. The molecular formula is C15H17IN2O6. The maximum Gasteiger partial charge on any atom is 0.249 e. The Kier molecular flexibility index (Phi) is 6.29. The van der Waals surface area contributed by atoms with Crippen LogP contribution < -0.4 is 10.9 Å². The van der Waals surface area contributed by atoms with Crippen LogP contribution in [0.4, 0.5) is 5.69 Å². The van der Waals surface area contributed by atoms with Crippen LogP contribution in [0.1, 0.15) is 0 Å². The van der Waals surface area contributed by atoms with Crippen LogP contribution in [0.15, 0.2) is 29.1 Å². The van der Waals surface area contributed by atoms with E-state index in [1.165, 1.54) is 6.07 Å². The van der Waals surface area contributed by atoms with E-state index in [0.29, 0.717) is 17.5 Å². The molecule has 9 heteroatoms. The van der Waals surface area contributed by atoms with Gasteiger partial charge in [-0.2, -0.15) is 0 Å². The van der Waals surface area contributed by atoms with Crippen molar-refractivity contribution in [1.82, 2.24) is 4.98 Å². The second kappa shape index (κ2) is 8.03. The van der Waals surface area contributed by atoms with Crippen molar-refractivity contribution in [2.45, 2.75) is 24.4 Å². The predicted molar refractivity (Wildman–Crippen MR) is 95.9 cm³/mol. The second-order valence-electron chi connectivity index (χ2n) is 5.28. The molecule has 2 aromatic rings. The molecule has 4 atom stereocenters. The van der Waals surface area contributed by atoms with E-state index in [2.05, 4.69) is 10.3 Å². The molecule has 0 saturated heterocycles. The highest BCUT2D eigenvalue weighted by Crippen LogP contribution is 2.21. The number of H-pyrrole nitrogens is 1. The summed E-state index contributed by atoms with van der Waals surface area (Å²) in [6, 6.07) is 5.23. The molecule has 0 unspecified atom stereocenters. The minimum Gasteiger partial charge on any atom is -0.394 e. The number of benzene rings is 1. The van der Waals surface area contributed by atoms with E-state index in [9.17, 15) is 24.9 Å². The Morgan fingerprint density at radius 3 is 2.54 bits per heavy atom. The van der Waals surface area contributed by atoms with E-state index in [1.54, 1.807) is 18.2 Å². The standard InChI is InChI=1S/C15H17IN2O6/c16-9-4-13(22)18-10-3-7(1-2-8(9)10)17-11(5-19)14(23)15(24)12(21)6-20/h1-5,11-12,14-15,17,20-21,23-24H,6H2,(H,18,22)/t11-,12+,14+,15+/m1/s1. The molecular weight excluding hydrogens is 431 g/mol. The van der Waals surface area contributed by atoms with Crippen LogP contribution in [0.5, 0.6) is 0 Å². The van der Waals surface area contributed by atoms with Gasteiger partial charge in [-0.25, -0.2) is 0 Å². The lowest BCUT2D eigenvalue weighted by Gasteiger charge is -2.26. The molecule has 0 amide bonds. The highest BCUT2D eigenvalue weighted by Gasteiger charge is 2.31. The van der Waals surface area contributed by atoms with Crippen LogP contribution in [0.3, 0.4) is 0 Å². The van der Waals surface area contributed by atoms with Crippen molar-refractivity contribution in [2.75, 3.05) is 11.9 Å². The summed E-state index contributed by atoms with van der Waals surface area (Å²) in [5.41, 5.74) is 0.714. The van der Waals surface area contributed by atoms with Crippen LogP contribution in [-0.2, 0) is 4.79 Å². The molecule has 0 aliphatic heterocycles. The first-order valence-corrected chi connectivity index (χ1v) is 8.14. The lowest BCUT2D eigenvalue weighted by atomic mass is 10.0. The summed E-state index contributed by atoms with van der Waals surface area (Å²) in [5.74, 6) is 0. The molecule has 0 fully saturated rings. The minimum absolute atomic E-state index is 0.266. The third-order valence-corrected chi connectivity index (χ3v) is 4.46. The molecule has 0 aliphatic carbocycles.